The highest BCUT2D eigenvalue weighted by atomic mass is 32.2. The molecular formula is C19H19F3N4O2S2. The van der Waals surface area contributed by atoms with E-state index in [0.29, 0.717) is 10.2 Å². The van der Waals surface area contributed by atoms with Crippen LogP contribution in [0, 0.1) is 13.8 Å². The highest BCUT2D eigenvalue weighted by Crippen LogP contribution is 2.38. The molecule has 0 unspecified atom stereocenters. The second-order valence-electron chi connectivity index (χ2n) is 7.04. The highest BCUT2D eigenvalue weighted by Gasteiger charge is 2.37. The van der Waals surface area contributed by atoms with Crippen molar-refractivity contribution in [2.75, 3.05) is 31.1 Å². The molecule has 0 atom stereocenters. The van der Waals surface area contributed by atoms with E-state index in [1.807, 2.05) is 13.8 Å². The van der Waals surface area contributed by atoms with Gasteiger partial charge in [-0.2, -0.15) is 17.5 Å². The molecule has 1 fully saturated rings. The van der Waals surface area contributed by atoms with Gasteiger partial charge in [-0.15, -0.1) is 11.3 Å². The van der Waals surface area contributed by atoms with E-state index in [1.54, 1.807) is 23.1 Å². The van der Waals surface area contributed by atoms with Gasteiger partial charge in [-0.25, -0.2) is 18.4 Å². The van der Waals surface area contributed by atoms with E-state index in [1.165, 1.54) is 27.8 Å². The Bertz CT molecular complexity index is 1190. The zero-order valence-electron chi connectivity index (χ0n) is 16.3. The summed E-state index contributed by atoms with van der Waals surface area (Å²) in [6, 6.07) is 8.11. The van der Waals surface area contributed by atoms with Crippen molar-refractivity contribution < 1.29 is 21.6 Å². The summed E-state index contributed by atoms with van der Waals surface area (Å²) < 4.78 is 67.0. The molecule has 0 amide bonds. The summed E-state index contributed by atoms with van der Waals surface area (Å²) in [6.07, 6.45) is -4.66. The van der Waals surface area contributed by atoms with E-state index in [9.17, 15) is 21.6 Å². The van der Waals surface area contributed by atoms with Crippen molar-refractivity contribution in [1.29, 1.82) is 0 Å². The standard InChI is InChI=1S/C19H19F3N4O2S2/c1-12-13(2)29-17-15(12)16(23-18(24-17)19(20,21)22)25-8-10-26(11-9-25)30(27,28)14-6-4-3-5-7-14/h3-7H,8-11H2,1-2H3. The van der Waals surface area contributed by atoms with Crippen LogP contribution in [0.5, 0.6) is 0 Å². The first kappa shape index (κ1) is 21.0. The van der Waals surface area contributed by atoms with E-state index in [-0.39, 0.29) is 36.9 Å². The van der Waals surface area contributed by atoms with Gasteiger partial charge in [0.2, 0.25) is 15.8 Å². The molecule has 11 heteroatoms. The predicted octanol–water partition coefficient (Wildman–Crippen LogP) is 3.84. The number of benzene rings is 1. The number of nitrogens with zero attached hydrogens (tertiary/aromatic N) is 4. The fourth-order valence-corrected chi connectivity index (χ4v) is 5.93. The average Bonchev–Trinajstić information content (AvgIpc) is 3.01. The molecule has 30 heavy (non-hydrogen) atoms. The molecular weight excluding hydrogens is 437 g/mol. The van der Waals surface area contributed by atoms with Crippen LogP contribution in [0.1, 0.15) is 16.3 Å². The lowest BCUT2D eigenvalue weighted by molar-refractivity contribution is -0.144. The molecule has 2 aromatic heterocycles. The minimum absolute atomic E-state index is 0.159. The molecule has 3 aromatic rings. The Morgan fingerprint density at radius 3 is 2.23 bits per heavy atom. The van der Waals surface area contributed by atoms with Crippen molar-refractivity contribution in [3.8, 4) is 0 Å². The number of hydrogen-bond donors (Lipinski definition) is 0. The van der Waals surface area contributed by atoms with Gasteiger partial charge in [0, 0.05) is 31.1 Å². The number of fused-ring (bicyclic) bond motifs is 1. The fourth-order valence-electron chi connectivity index (χ4n) is 3.47. The predicted molar refractivity (Wildman–Crippen MR) is 109 cm³/mol. The molecule has 0 aliphatic carbocycles. The van der Waals surface area contributed by atoms with Crippen molar-refractivity contribution in [1.82, 2.24) is 14.3 Å². The number of aromatic nitrogens is 2. The maximum absolute atomic E-state index is 13.3. The van der Waals surface area contributed by atoms with Crippen LogP contribution >= 0.6 is 11.3 Å². The van der Waals surface area contributed by atoms with Gasteiger partial charge in [0.1, 0.15) is 10.6 Å². The number of hydrogen-bond acceptors (Lipinski definition) is 6. The lowest BCUT2D eigenvalue weighted by Crippen LogP contribution is -2.49. The van der Waals surface area contributed by atoms with Gasteiger partial charge in [0.25, 0.3) is 0 Å². The summed E-state index contributed by atoms with van der Waals surface area (Å²) >= 11 is 1.21. The third kappa shape index (κ3) is 3.65. The SMILES string of the molecule is Cc1sc2nc(C(F)(F)F)nc(N3CCN(S(=O)(=O)c4ccccc4)CC3)c2c1C. The third-order valence-electron chi connectivity index (χ3n) is 5.18. The topological polar surface area (TPSA) is 66.4 Å². The second kappa shape index (κ2) is 7.47. The van der Waals surface area contributed by atoms with Gasteiger partial charge in [0.05, 0.1) is 10.3 Å². The molecule has 160 valence electrons. The summed E-state index contributed by atoms with van der Waals surface area (Å²) in [5.74, 6) is -0.962. The van der Waals surface area contributed by atoms with E-state index >= 15 is 0 Å². The average molecular weight is 457 g/mol. The number of alkyl halides is 3. The molecule has 6 nitrogen and oxygen atoms in total. The van der Waals surface area contributed by atoms with Crippen LogP contribution in [0.2, 0.25) is 0 Å². The van der Waals surface area contributed by atoms with Crippen LogP contribution in [0.25, 0.3) is 10.2 Å². The van der Waals surface area contributed by atoms with Gasteiger partial charge in [0.15, 0.2) is 0 Å². The van der Waals surface area contributed by atoms with Crippen LogP contribution in [0.15, 0.2) is 35.2 Å². The Morgan fingerprint density at radius 1 is 1.00 bits per heavy atom. The summed E-state index contributed by atoms with van der Waals surface area (Å²) in [7, 11) is -3.65. The molecule has 1 aliphatic heterocycles. The smallest absolute Gasteiger partial charge is 0.353 e. The molecule has 3 heterocycles. The van der Waals surface area contributed by atoms with Crippen LogP contribution in [0.3, 0.4) is 0 Å². The Labute approximate surface area is 176 Å². The number of halogens is 3. The third-order valence-corrected chi connectivity index (χ3v) is 8.20. The maximum Gasteiger partial charge on any atom is 0.451 e. The Morgan fingerprint density at radius 2 is 1.63 bits per heavy atom. The lowest BCUT2D eigenvalue weighted by atomic mass is 10.2. The number of sulfonamides is 1. The van der Waals surface area contributed by atoms with Gasteiger partial charge in [-0.3, -0.25) is 0 Å². The van der Waals surface area contributed by atoms with Gasteiger partial charge >= 0.3 is 6.18 Å². The minimum Gasteiger partial charge on any atom is -0.353 e. The van der Waals surface area contributed by atoms with Crippen molar-refractivity contribution in [2.24, 2.45) is 0 Å². The molecule has 0 N–H and O–H groups in total. The fraction of sp³-hybridized carbons (Fsp3) is 0.368. The summed E-state index contributed by atoms with van der Waals surface area (Å²) in [5, 5.41) is 0.602. The molecule has 0 saturated carbocycles. The monoisotopic (exact) mass is 456 g/mol. The summed E-state index contributed by atoms with van der Waals surface area (Å²) in [6.45, 7) is 4.47. The van der Waals surface area contributed by atoms with Gasteiger partial charge in [-0.05, 0) is 31.5 Å². The van der Waals surface area contributed by atoms with Gasteiger partial charge < -0.3 is 4.90 Å². The number of rotatable bonds is 3. The molecule has 0 radical (unpaired) electrons. The Hall–Kier alpha value is -2.24. The normalized spacial score (nSPS) is 16.4. The molecule has 0 spiro atoms. The molecule has 1 aromatic carbocycles. The number of anilines is 1. The second-order valence-corrected chi connectivity index (χ2v) is 10.2. The molecule has 4 rings (SSSR count). The quantitative estimate of drug-likeness (QED) is 0.599. The van der Waals surface area contributed by atoms with E-state index in [4.69, 9.17) is 0 Å². The minimum atomic E-state index is -4.66. The highest BCUT2D eigenvalue weighted by molar-refractivity contribution is 7.89. The molecule has 1 saturated heterocycles. The zero-order chi connectivity index (χ0) is 21.7. The van der Waals surface area contributed by atoms with Gasteiger partial charge in [-0.1, -0.05) is 18.2 Å². The molecule has 0 bridgehead atoms. The number of aryl methyl sites for hydroxylation is 2. The lowest BCUT2D eigenvalue weighted by Gasteiger charge is -2.35. The van der Waals surface area contributed by atoms with E-state index < -0.39 is 22.0 Å². The largest absolute Gasteiger partial charge is 0.451 e. The maximum atomic E-state index is 13.3. The van der Waals surface area contributed by atoms with Crippen LogP contribution in [-0.2, 0) is 16.2 Å². The zero-order valence-corrected chi connectivity index (χ0v) is 17.9. The Kier molecular flexibility index (Phi) is 5.23. The van der Waals surface area contributed by atoms with E-state index in [0.717, 1.165) is 10.4 Å². The number of thiophene rings is 1. The van der Waals surface area contributed by atoms with Crippen LogP contribution in [-0.4, -0.2) is 48.9 Å². The van der Waals surface area contributed by atoms with Crippen LogP contribution < -0.4 is 4.90 Å². The first-order chi connectivity index (χ1) is 14.1. The Balaban J connectivity index is 1.66. The number of piperazine rings is 1. The van der Waals surface area contributed by atoms with Crippen LogP contribution in [0.4, 0.5) is 19.0 Å². The first-order valence-electron chi connectivity index (χ1n) is 9.24. The first-order valence-corrected chi connectivity index (χ1v) is 11.5. The summed E-state index contributed by atoms with van der Waals surface area (Å²) in [5.41, 5.74) is 0.845. The van der Waals surface area contributed by atoms with Crippen molar-refractivity contribution in [3.63, 3.8) is 0 Å². The van der Waals surface area contributed by atoms with Crippen molar-refractivity contribution in [3.05, 3.63) is 46.6 Å². The van der Waals surface area contributed by atoms with Crippen molar-refractivity contribution in [2.45, 2.75) is 24.9 Å². The van der Waals surface area contributed by atoms with E-state index in [2.05, 4.69) is 9.97 Å². The van der Waals surface area contributed by atoms with Crippen molar-refractivity contribution >= 4 is 37.4 Å². The summed E-state index contributed by atoms with van der Waals surface area (Å²) in [4.78, 5) is 10.7. The molecule has 1 aliphatic rings.